The number of allylic oxidation sites excluding steroid dienone is 1. The molecule has 2 heterocycles. The van der Waals surface area contributed by atoms with Crippen molar-refractivity contribution >= 4 is 5.91 Å². The second-order valence-electron chi connectivity index (χ2n) is 4.58. The number of amides is 1. The molecule has 1 aliphatic heterocycles. The molecule has 1 N–H and O–H groups in total. The Kier molecular flexibility index (Phi) is 5.03. The van der Waals surface area contributed by atoms with Crippen LogP contribution in [0.1, 0.15) is 26.1 Å². The number of carbonyl (C=O) groups excluding carboxylic acids is 1. The van der Waals surface area contributed by atoms with Gasteiger partial charge in [-0.3, -0.25) is 4.79 Å². The lowest BCUT2D eigenvalue weighted by atomic mass is 10.3. The summed E-state index contributed by atoms with van der Waals surface area (Å²) in [7, 11) is 0. The van der Waals surface area contributed by atoms with E-state index >= 15 is 0 Å². The molecule has 110 valence electrons. The van der Waals surface area contributed by atoms with Crippen LogP contribution in [0.3, 0.4) is 0 Å². The van der Waals surface area contributed by atoms with E-state index in [9.17, 15) is 4.79 Å². The summed E-state index contributed by atoms with van der Waals surface area (Å²) in [6.45, 7) is 6.19. The van der Waals surface area contributed by atoms with Gasteiger partial charge >= 0.3 is 0 Å². The normalized spacial score (nSPS) is 14.7. The maximum absolute atomic E-state index is 11.9. The average molecular weight is 279 g/mol. The highest BCUT2D eigenvalue weighted by Gasteiger charge is 2.19. The van der Waals surface area contributed by atoms with Crippen LogP contribution in [0, 0.1) is 0 Å². The fourth-order valence-electron chi connectivity index (χ4n) is 2.12. The van der Waals surface area contributed by atoms with E-state index < -0.39 is 0 Å². The number of aryl methyl sites for hydroxylation is 2. The first-order chi connectivity index (χ1) is 9.72. The molecule has 1 aliphatic rings. The molecule has 1 aromatic heterocycles. The molecule has 6 nitrogen and oxygen atoms in total. The summed E-state index contributed by atoms with van der Waals surface area (Å²) in [4.78, 5) is 16.2. The van der Waals surface area contributed by atoms with Crippen LogP contribution in [-0.4, -0.2) is 35.2 Å². The molecular weight excluding hydrogens is 258 g/mol. The molecule has 6 heteroatoms. The van der Waals surface area contributed by atoms with Crippen molar-refractivity contribution in [3.8, 4) is 0 Å². The number of aromatic nitrogens is 2. The summed E-state index contributed by atoms with van der Waals surface area (Å²) in [5.41, 5.74) is 0. The number of rotatable bonds is 6. The number of hydrogen-bond acceptors (Lipinski definition) is 4. The zero-order chi connectivity index (χ0) is 14.4. The predicted octanol–water partition coefficient (Wildman–Crippen LogP) is 1.23. The molecule has 0 spiro atoms. The Morgan fingerprint density at radius 2 is 2.25 bits per heavy atom. The van der Waals surface area contributed by atoms with E-state index in [1.807, 2.05) is 6.20 Å². The quantitative estimate of drug-likeness (QED) is 0.795. The monoisotopic (exact) mass is 279 g/mol. The third kappa shape index (κ3) is 3.53. The highest BCUT2D eigenvalue weighted by Crippen LogP contribution is 2.12. The van der Waals surface area contributed by atoms with Gasteiger partial charge in [-0.05, 0) is 13.3 Å². The van der Waals surface area contributed by atoms with E-state index in [0.29, 0.717) is 31.3 Å². The van der Waals surface area contributed by atoms with Crippen molar-refractivity contribution < 1.29 is 14.3 Å². The van der Waals surface area contributed by atoms with Crippen molar-refractivity contribution in [2.75, 3.05) is 19.8 Å². The minimum absolute atomic E-state index is 0.205. The minimum atomic E-state index is -0.205. The van der Waals surface area contributed by atoms with Crippen molar-refractivity contribution in [2.24, 2.45) is 0 Å². The number of carbonyl (C=O) groups is 1. The van der Waals surface area contributed by atoms with Gasteiger partial charge in [-0.2, -0.15) is 0 Å². The first kappa shape index (κ1) is 14.4. The van der Waals surface area contributed by atoms with Gasteiger partial charge in [0, 0.05) is 31.9 Å². The van der Waals surface area contributed by atoms with E-state index in [1.54, 1.807) is 13.1 Å². The molecular formula is C14H21N3O3. The van der Waals surface area contributed by atoms with Crippen molar-refractivity contribution in [1.29, 1.82) is 0 Å². The standard InChI is InChI=1S/C14H21N3O3/c1-3-12-15-6-8-17(12)7-4-5-16-14(18)13-11(2)19-9-10-20-13/h6,8H,3-5,7,9-10H2,1-2H3,(H,16,18). The zero-order valence-electron chi connectivity index (χ0n) is 12.0. The second-order valence-corrected chi connectivity index (χ2v) is 4.58. The lowest BCUT2D eigenvalue weighted by Gasteiger charge is -2.19. The number of ether oxygens (including phenoxy) is 2. The average Bonchev–Trinajstić information content (AvgIpc) is 2.91. The van der Waals surface area contributed by atoms with Crippen LogP contribution in [0.5, 0.6) is 0 Å². The Balaban J connectivity index is 1.75. The van der Waals surface area contributed by atoms with E-state index in [-0.39, 0.29) is 5.91 Å². The largest absolute Gasteiger partial charge is 0.491 e. The number of nitrogens with zero attached hydrogens (tertiary/aromatic N) is 2. The minimum Gasteiger partial charge on any atom is -0.491 e. The van der Waals surface area contributed by atoms with Crippen molar-refractivity contribution in [2.45, 2.75) is 33.2 Å². The van der Waals surface area contributed by atoms with Crippen LogP contribution in [0.2, 0.25) is 0 Å². The Morgan fingerprint density at radius 3 is 3.00 bits per heavy atom. The van der Waals surface area contributed by atoms with Crippen LogP contribution in [0.4, 0.5) is 0 Å². The highest BCUT2D eigenvalue weighted by atomic mass is 16.6. The van der Waals surface area contributed by atoms with E-state index in [2.05, 4.69) is 21.8 Å². The van der Waals surface area contributed by atoms with Crippen LogP contribution >= 0.6 is 0 Å². The number of nitrogens with one attached hydrogen (secondary N) is 1. The van der Waals surface area contributed by atoms with Gasteiger partial charge in [0.15, 0.2) is 0 Å². The Morgan fingerprint density at radius 1 is 1.45 bits per heavy atom. The Bertz CT molecular complexity index is 494. The lowest BCUT2D eigenvalue weighted by Crippen LogP contribution is -2.31. The van der Waals surface area contributed by atoms with Crippen LogP contribution in [0.25, 0.3) is 0 Å². The molecule has 1 aromatic rings. The van der Waals surface area contributed by atoms with Crippen LogP contribution in [-0.2, 0) is 27.2 Å². The van der Waals surface area contributed by atoms with Crippen molar-refractivity contribution in [3.63, 3.8) is 0 Å². The maximum atomic E-state index is 11.9. The first-order valence-electron chi connectivity index (χ1n) is 6.97. The maximum Gasteiger partial charge on any atom is 0.289 e. The molecule has 0 atom stereocenters. The molecule has 0 saturated heterocycles. The topological polar surface area (TPSA) is 65.4 Å². The third-order valence-corrected chi connectivity index (χ3v) is 3.15. The summed E-state index contributed by atoms with van der Waals surface area (Å²) in [6, 6.07) is 0. The third-order valence-electron chi connectivity index (χ3n) is 3.15. The molecule has 1 amide bonds. The predicted molar refractivity (Wildman–Crippen MR) is 73.8 cm³/mol. The fraction of sp³-hybridized carbons (Fsp3) is 0.571. The van der Waals surface area contributed by atoms with Gasteiger partial charge in [0.1, 0.15) is 24.8 Å². The van der Waals surface area contributed by atoms with Crippen molar-refractivity contribution in [3.05, 3.63) is 29.7 Å². The Hall–Kier alpha value is -1.98. The zero-order valence-corrected chi connectivity index (χ0v) is 12.0. The SMILES string of the molecule is CCc1nccn1CCCNC(=O)C1=C(C)OCCO1. The van der Waals surface area contributed by atoms with Crippen molar-refractivity contribution in [1.82, 2.24) is 14.9 Å². The summed E-state index contributed by atoms with van der Waals surface area (Å²) >= 11 is 0. The first-order valence-corrected chi connectivity index (χ1v) is 6.97. The molecule has 0 fully saturated rings. The van der Waals surface area contributed by atoms with E-state index in [1.165, 1.54) is 0 Å². The van der Waals surface area contributed by atoms with Gasteiger partial charge in [0.25, 0.3) is 5.91 Å². The lowest BCUT2D eigenvalue weighted by molar-refractivity contribution is -0.122. The van der Waals surface area contributed by atoms with Gasteiger partial charge in [0.2, 0.25) is 5.76 Å². The Labute approximate surface area is 118 Å². The summed E-state index contributed by atoms with van der Waals surface area (Å²) in [6.07, 6.45) is 5.53. The van der Waals surface area contributed by atoms with Gasteiger partial charge in [-0.25, -0.2) is 4.98 Å². The summed E-state index contributed by atoms with van der Waals surface area (Å²) in [5.74, 6) is 1.71. The van der Waals surface area contributed by atoms with Gasteiger partial charge < -0.3 is 19.4 Å². The number of hydrogen-bond donors (Lipinski definition) is 1. The highest BCUT2D eigenvalue weighted by molar-refractivity contribution is 5.91. The molecule has 0 radical (unpaired) electrons. The van der Waals surface area contributed by atoms with Gasteiger partial charge in [-0.1, -0.05) is 6.92 Å². The fourth-order valence-corrected chi connectivity index (χ4v) is 2.12. The molecule has 20 heavy (non-hydrogen) atoms. The molecule has 0 aliphatic carbocycles. The van der Waals surface area contributed by atoms with Gasteiger partial charge in [-0.15, -0.1) is 0 Å². The second kappa shape index (κ2) is 6.98. The van der Waals surface area contributed by atoms with E-state index in [4.69, 9.17) is 9.47 Å². The smallest absolute Gasteiger partial charge is 0.289 e. The summed E-state index contributed by atoms with van der Waals surface area (Å²) in [5, 5.41) is 2.85. The van der Waals surface area contributed by atoms with E-state index in [0.717, 1.165) is 25.2 Å². The molecule has 0 saturated carbocycles. The molecule has 0 unspecified atom stereocenters. The molecule has 2 rings (SSSR count). The van der Waals surface area contributed by atoms with Crippen LogP contribution < -0.4 is 5.32 Å². The van der Waals surface area contributed by atoms with Crippen LogP contribution in [0.15, 0.2) is 23.9 Å². The molecule has 0 aromatic carbocycles. The van der Waals surface area contributed by atoms with Gasteiger partial charge in [0.05, 0.1) is 0 Å². The molecule has 0 bridgehead atoms. The number of imidazole rings is 1. The summed E-state index contributed by atoms with van der Waals surface area (Å²) < 4.78 is 12.7.